The molecule has 1 aliphatic rings. The molecule has 0 saturated carbocycles. The fraction of sp³-hybridized carbons (Fsp3) is 0.800. The summed E-state index contributed by atoms with van der Waals surface area (Å²) < 4.78 is 7.87. The van der Waals surface area contributed by atoms with Crippen LogP contribution >= 0.6 is 0 Å². The number of ether oxygens (including phenoxy) is 1. The number of rotatable bonds is 5. The summed E-state index contributed by atoms with van der Waals surface area (Å²) in [6.07, 6.45) is 5.58. The molecule has 4 heteroatoms. The van der Waals surface area contributed by atoms with Crippen molar-refractivity contribution in [3.63, 3.8) is 0 Å². The first-order valence-corrected chi connectivity index (χ1v) is 11.1. The van der Waals surface area contributed by atoms with Crippen LogP contribution in [0.2, 0.25) is 25.7 Å². The van der Waals surface area contributed by atoms with E-state index in [9.17, 15) is 0 Å². The molecular weight excluding hydrogens is 252 g/mol. The third kappa shape index (κ3) is 4.18. The molecule has 0 amide bonds. The van der Waals surface area contributed by atoms with Gasteiger partial charge in [-0.15, -0.1) is 0 Å². The second-order valence-corrected chi connectivity index (χ2v) is 13.4. The van der Waals surface area contributed by atoms with Crippen LogP contribution in [0.1, 0.15) is 31.5 Å². The summed E-state index contributed by atoms with van der Waals surface area (Å²) in [6, 6.07) is 1.23. The van der Waals surface area contributed by atoms with Crippen molar-refractivity contribution in [3.05, 3.63) is 17.5 Å². The molecule has 0 saturated heterocycles. The number of hydrogen-bond acceptors (Lipinski definition) is 2. The lowest BCUT2D eigenvalue weighted by molar-refractivity contribution is 0.0755. The molecule has 19 heavy (non-hydrogen) atoms. The molecule has 0 spiro atoms. The normalized spacial score (nSPS) is 18.4. The molecule has 3 nitrogen and oxygen atoms in total. The van der Waals surface area contributed by atoms with E-state index in [1.165, 1.54) is 23.7 Å². The van der Waals surface area contributed by atoms with Gasteiger partial charge in [-0.25, -0.2) is 4.68 Å². The van der Waals surface area contributed by atoms with E-state index in [2.05, 4.69) is 43.3 Å². The topological polar surface area (TPSA) is 27.1 Å². The molecule has 1 aromatic rings. The van der Waals surface area contributed by atoms with Crippen LogP contribution in [0.5, 0.6) is 0 Å². The first kappa shape index (κ1) is 14.8. The fourth-order valence-electron chi connectivity index (χ4n) is 2.59. The van der Waals surface area contributed by atoms with Gasteiger partial charge in [0.15, 0.2) is 0 Å². The second-order valence-electron chi connectivity index (χ2n) is 7.81. The molecule has 108 valence electrons. The average molecular weight is 280 g/mol. The molecule has 0 atom stereocenters. The molecule has 0 bridgehead atoms. The van der Waals surface area contributed by atoms with Crippen LogP contribution in [0.15, 0.2) is 6.20 Å². The average Bonchev–Trinajstić information content (AvgIpc) is 2.64. The van der Waals surface area contributed by atoms with E-state index >= 15 is 0 Å². The maximum absolute atomic E-state index is 5.81. The van der Waals surface area contributed by atoms with Crippen LogP contribution in [0, 0.1) is 5.41 Å². The second kappa shape index (κ2) is 5.41. The minimum atomic E-state index is -0.982. The molecular formula is C15H28N2OSi. The zero-order valence-electron chi connectivity index (χ0n) is 13.1. The molecule has 1 aromatic heterocycles. The van der Waals surface area contributed by atoms with Crippen LogP contribution in [-0.2, 0) is 24.3 Å². The predicted molar refractivity (Wildman–Crippen MR) is 82.1 cm³/mol. The van der Waals surface area contributed by atoms with E-state index in [0.29, 0.717) is 12.1 Å². The summed E-state index contributed by atoms with van der Waals surface area (Å²) in [5.74, 6) is 0. The standard InChI is InChI=1S/C15H28N2OSi/c1-15(2)7-6-14-13(10-15)11-16-17(14)12-18-8-9-19(3,4)5/h11H,6-10,12H2,1-5H3. The highest BCUT2D eigenvalue weighted by Crippen LogP contribution is 2.34. The van der Waals surface area contributed by atoms with E-state index in [1.54, 1.807) is 0 Å². The molecule has 0 unspecified atom stereocenters. The van der Waals surface area contributed by atoms with Crippen molar-refractivity contribution in [1.82, 2.24) is 9.78 Å². The first-order valence-electron chi connectivity index (χ1n) is 7.38. The van der Waals surface area contributed by atoms with Crippen LogP contribution in [0.3, 0.4) is 0 Å². The van der Waals surface area contributed by atoms with Gasteiger partial charge in [-0.2, -0.15) is 5.10 Å². The Morgan fingerprint density at radius 3 is 2.79 bits per heavy atom. The van der Waals surface area contributed by atoms with Gasteiger partial charge in [-0.05, 0) is 36.3 Å². The number of nitrogens with zero attached hydrogens (tertiary/aromatic N) is 2. The van der Waals surface area contributed by atoms with Crippen molar-refractivity contribution in [3.8, 4) is 0 Å². The lowest BCUT2D eigenvalue weighted by Crippen LogP contribution is -2.24. The van der Waals surface area contributed by atoms with E-state index < -0.39 is 8.07 Å². The molecule has 0 aliphatic heterocycles. The summed E-state index contributed by atoms with van der Waals surface area (Å²) in [7, 11) is -0.982. The van der Waals surface area contributed by atoms with Crippen molar-refractivity contribution >= 4 is 8.07 Å². The Morgan fingerprint density at radius 2 is 2.11 bits per heavy atom. The van der Waals surface area contributed by atoms with Crippen LogP contribution in [-0.4, -0.2) is 24.5 Å². The van der Waals surface area contributed by atoms with E-state index in [-0.39, 0.29) is 0 Å². The Hall–Kier alpha value is -0.613. The fourth-order valence-corrected chi connectivity index (χ4v) is 3.34. The molecule has 2 rings (SSSR count). The van der Waals surface area contributed by atoms with Gasteiger partial charge in [-0.3, -0.25) is 0 Å². The van der Waals surface area contributed by atoms with Gasteiger partial charge >= 0.3 is 0 Å². The third-order valence-corrected chi connectivity index (χ3v) is 5.66. The number of hydrogen-bond donors (Lipinski definition) is 0. The van der Waals surface area contributed by atoms with Crippen molar-refractivity contribution in [1.29, 1.82) is 0 Å². The van der Waals surface area contributed by atoms with Crippen LogP contribution < -0.4 is 0 Å². The van der Waals surface area contributed by atoms with Crippen LogP contribution in [0.4, 0.5) is 0 Å². The Bertz CT molecular complexity index is 432. The van der Waals surface area contributed by atoms with E-state index in [4.69, 9.17) is 4.74 Å². The lowest BCUT2D eigenvalue weighted by Gasteiger charge is -2.29. The summed E-state index contributed by atoms with van der Waals surface area (Å²) in [6.45, 7) is 13.3. The molecule has 1 heterocycles. The summed E-state index contributed by atoms with van der Waals surface area (Å²) in [5.41, 5.74) is 3.25. The van der Waals surface area contributed by atoms with Gasteiger partial charge < -0.3 is 4.74 Å². The van der Waals surface area contributed by atoms with Gasteiger partial charge in [0, 0.05) is 20.4 Å². The number of fused-ring (bicyclic) bond motifs is 1. The van der Waals surface area contributed by atoms with Crippen molar-refractivity contribution in [2.24, 2.45) is 5.41 Å². The zero-order valence-corrected chi connectivity index (χ0v) is 14.1. The largest absolute Gasteiger partial charge is 0.360 e. The van der Waals surface area contributed by atoms with Gasteiger partial charge in [0.2, 0.25) is 0 Å². The third-order valence-electron chi connectivity index (χ3n) is 3.95. The maximum atomic E-state index is 5.81. The molecule has 0 fully saturated rings. The van der Waals surface area contributed by atoms with E-state index in [1.807, 2.05) is 6.20 Å². The number of aromatic nitrogens is 2. The highest BCUT2D eigenvalue weighted by Gasteiger charge is 2.27. The van der Waals surface area contributed by atoms with Crippen LogP contribution in [0.25, 0.3) is 0 Å². The van der Waals surface area contributed by atoms with Crippen molar-refractivity contribution < 1.29 is 4.74 Å². The Labute approximate surface area is 118 Å². The Balaban J connectivity index is 1.88. The smallest absolute Gasteiger partial charge is 0.139 e. The highest BCUT2D eigenvalue weighted by atomic mass is 28.3. The molecule has 0 radical (unpaired) electrons. The highest BCUT2D eigenvalue weighted by molar-refractivity contribution is 6.76. The zero-order chi connectivity index (χ0) is 14.1. The van der Waals surface area contributed by atoms with Gasteiger partial charge in [0.25, 0.3) is 0 Å². The minimum absolute atomic E-state index is 0.430. The quantitative estimate of drug-likeness (QED) is 0.607. The maximum Gasteiger partial charge on any atom is 0.139 e. The Kier molecular flexibility index (Phi) is 4.21. The summed E-state index contributed by atoms with van der Waals surface area (Å²) in [5, 5.41) is 4.50. The SMILES string of the molecule is CC1(C)CCc2c(cnn2COCC[Si](C)(C)C)C1. The molecule has 1 aliphatic carbocycles. The Morgan fingerprint density at radius 1 is 1.37 bits per heavy atom. The lowest BCUT2D eigenvalue weighted by atomic mass is 9.77. The van der Waals surface area contributed by atoms with Crippen molar-refractivity contribution in [2.45, 2.75) is 65.5 Å². The minimum Gasteiger partial charge on any atom is -0.360 e. The monoisotopic (exact) mass is 280 g/mol. The molecule has 0 N–H and O–H groups in total. The summed E-state index contributed by atoms with van der Waals surface area (Å²) in [4.78, 5) is 0. The first-order chi connectivity index (χ1) is 8.77. The predicted octanol–water partition coefficient (Wildman–Crippen LogP) is 3.71. The van der Waals surface area contributed by atoms with Gasteiger partial charge in [-0.1, -0.05) is 33.5 Å². The van der Waals surface area contributed by atoms with Gasteiger partial charge in [0.1, 0.15) is 6.73 Å². The molecule has 0 aromatic carbocycles. The van der Waals surface area contributed by atoms with Gasteiger partial charge in [0.05, 0.1) is 6.20 Å². The van der Waals surface area contributed by atoms with Crippen molar-refractivity contribution in [2.75, 3.05) is 6.61 Å². The summed E-state index contributed by atoms with van der Waals surface area (Å²) >= 11 is 0. The van der Waals surface area contributed by atoms with E-state index in [0.717, 1.165) is 19.4 Å².